The first-order valence-electron chi connectivity index (χ1n) is 6.34. The van der Waals surface area contributed by atoms with Crippen LogP contribution in [0.3, 0.4) is 0 Å². The van der Waals surface area contributed by atoms with E-state index >= 15 is 0 Å². The Balaban J connectivity index is 2.88. The number of aromatic nitrogens is 1. The number of halogens is 2. The van der Waals surface area contributed by atoms with E-state index in [1.807, 2.05) is 11.8 Å². The zero-order valence-electron chi connectivity index (χ0n) is 11.8. The Hall–Kier alpha value is -0.320. The minimum atomic E-state index is 0.213. The fourth-order valence-corrected chi connectivity index (χ4v) is 3.19. The van der Waals surface area contributed by atoms with Gasteiger partial charge in [0.25, 0.3) is 0 Å². The van der Waals surface area contributed by atoms with Crippen LogP contribution in [0.5, 0.6) is 0 Å². The molecule has 0 unspecified atom stereocenters. The molecule has 0 aliphatic carbocycles. The maximum atomic E-state index is 6.17. The molecule has 0 bridgehead atoms. The first-order valence-corrected chi connectivity index (χ1v) is 8.32. The molecule has 0 aromatic carbocycles. The van der Waals surface area contributed by atoms with Gasteiger partial charge in [0, 0.05) is 18.3 Å². The summed E-state index contributed by atoms with van der Waals surface area (Å²) in [6.45, 7) is 5.24. The summed E-state index contributed by atoms with van der Waals surface area (Å²) in [6.07, 6.45) is 4.34. The molecule has 0 aliphatic rings. The summed E-state index contributed by atoms with van der Waals surface area (Å²) < 4.78 is 0.213. The van der Waals surface area contributed by atoms with Crippen molar-refractivity contribution in [3.05, 3.63) is 16.1 Å². The molecule has 0 amide bonds. The zero-order chi connectivity index (χ0) is 14.5. The predicted molar refractivity (Wildman–Crippen MR) is 89.1 cm³/mol. The minimum absolute atomic E-state index is 0.213. The van der Waals surface area contributed by atoms with Crippen LogP contribution >= 0.6 is 35.0 Å². The van der Waals surface area contributed by atoms with Gasteiger partial charge in [-0.2, -0.15) is 11.8 Å². The number of rotatable bonds is 7. The topological polar surface area (TPSA) is 37.0 Å². The lowest BCUT2D eigenvalue weighted by Gasteiger charge is -2.30. The number of anilines is 2. The van der Waals surface area contributed by atoms with Gasteiger partial charge in [-0.05, 0) is 25.2 Å². The largest absolute Gasteiger partial charge is 0.372 e. The Kier molecular flexibility index (Phi) is 6.57. The molecule has 108 valence electrons. The van der Waals surface area contributed by atoms with E-state index in [-0.39, 0.29) is 4.75 Å². The van der Waals surface area contributed by atoms with Gasteiger partial charge in [-0.3, -0.25) is 0 Å². The molecule has 0 aliphatic heterocycles. The van der Waals surface area contributed by atoms with E-state index in [2.05, 4.69) is 35.7 Å². The van der Waals surface area contributed by atoms with Crippen LogP contribution in [0.1, 0.15) is 26.7 Å². The van der Waals surface area contributed by atoms with E-state index in [0.29, 0.717) is 21.7 Å². The molecule has 0 saturated carbocycles. The predicted octanol–water partition coefficient (Wildman–Crippen LogP) is 4.76. The molecular weight excluding hydrogens is 301 g/mol. The standard InChI is InChI=1S/C13H21Cl2N3S/c1-5-13(6-2,19-4)8-17-12-10(15)7-9(14)11(16-3)18-12/h7H,5-6,8H2,1-4H3,(H2,16,17,18). The number of hydrogen-bond donors (Lipinski definition) is 2. The van der Waals surface area contributed by atoms with E-state index in [1.165, 1.54) is 0 Å². The van der Waals surface area contributed by atoms with Crippen LogP contribution in [0.15, 0.2) is 6.07 Å². The first-order chi connectivity index (χ1) is 9.01. The lowest BCUT2D eigenvalue weighted by molar-refractivity contribution is 0.574. The number of thioether (sulfide) groups is 1. The Morgan fingerprint density at radius 3 is 2.26 bits per heavy atom. The van der Waals surface area contributed by atoms with Crippen molar-refractivity contribution in [1.82, 2.24) is 4.98 Å². The smallest absolute Gasteiger partial charge is 0.147 e. The molecule has 0 saturated heterocycles. The molecule has 1 aromatic heterocycles. The summed E-state index contributed by atoms with van der Waals surface area (Å²) in [6, 6.07) is 1.71. The maximum Gasteiger partial charge on any atom is 0.147 e. The van der Waals surface area contributed by atoms with Crippen LogP contribution in [0, 0.1) is 0 Å². The molecule has 2 N–H and O–H groups in total. The highest BCUT2D eigenvalue weighted by Gasteiger charge is 2.25. The third-order valence-electron chi connectivity index (χ3n) is 3.47. The average molecular weight is 322 g/mol. The van der Waals surface area contributed by atoms with Crippen LogP contribution in [-0.4, -0.2) is 29.6 Å². The summed E-state index contributed by atoms with van der Waals surface area (Å²) in [5.41, 5.74) is 0. The van der Waals surface area contributed by atoms with E-state index < -0.39 is 0 Å². The molecule has 0 fully saturated rings. The van der Waals surface area contributed by atoms with E-state index in [9.17, 15) is 0 Å². The van der Waals surface area contributed by atoms with E-state index in [4.69, 9.17) is 23.2 Å². The molecule has 19 heavy (non-hydrogen) atoms. The lowest BCUT2D eigenvalue weighted by Crippen LogP contribution is -2.32. The van der Waals surface area contributed by atoms with Crippen LogP contribution in [-0.2, 0) is 0 Å². The fraction of sp³-hybridized carbons (Fsp3) is 0.615. The highest BCUT2D eigenvalue weighted by atomic mass is 35.5. The Morgan fingerprint density at radius 1 is 1.21 bits per heavy atom. The summed E-state index contributed by atoms with van der Waals surface area (Å²) in [5, 5.41) is 7.38. The second-order valence-electron chi connectivity index (χ2n) is 4.35. The molecule has 1 rings (SSSR count). The van der Waals surface area contributed by atoms with Gasteiger partial charge in [0.1, 0.15) is 11.6 Å². The Labute approximate surface area is 129 Å². The monoisotopic (exact) mass is 321 g/mol. The van der Waals surface area contributed by atoms with Crippen molar-refractivity contribution >= 4 is 46.6 Å². The lowest BCUT2D eigenvalue weighted by atomic mass is 10.0. The van der Waals surface area contributed by atoms with E-state index in [1.54, 1.807) is 13.1 Å². The van der Waals surface area contributed by atoms with Crippen molar-refractivity contribution in [1.29, 1.82) is 0 Å². The van der Waals surface area contributed by atoms with Gasteiger partial charge in [-0.1, -0.05) is 37.0 Å². The van der Waals surface area contributed by atoms with Crippen molar-refractivity contribution in [3.8, 4) is 0 Å². The minimum Gasteiger partial charge on any atom is -0.372 e. The maximum absolute atomic E-state index is 6.17. The van der Waals surface area contributed by atoms with Crippen molar-refractivity contribution in [2.24, 2.45) is 0 Å². The quantitative estimate of drug-likeness (QED) is 0.758. The van der Waals surface area contributed by atoms with Crippen molar-refractivity contribution in [2.75, 3.05) is 30.5 Å². The highest BCUT2D eigenvalue weighted by molar-refractivity contribution is 8.00. The number of nitrogens with zero attached hydrogens (tertiary/aromatic N) is 1. The SMILES string of the molecule is CCC(CC)(CNc1nc(NC)c(Cl)cc1Cl)SC. The normalized spacial score (nSPS) is 11.5. The number of hydrogen-bond acceptors (Lipinski definition) is 4. The molecule has 1 heterocycles. The Morgan fingerprint density at radius 2 is 1.79 bits per heavy atom. The molecule has 0 atom stereocenters. The summed E-state index contributed by atoms with van der Waals surface area (Å²) in [5.74, 6) is 1.31. The van der Waals surface area contributed by atoms with Crippen molar-refractivity contribution in [3.63, 3.8) is 0 Å². The molecule has 1 aromatic rings. The molecular formula is C13H21Cl2N3S. The third-order valence-corrected chi connectivity index (χ3v) is 5.63. The van der Waals surface area contributed by atoms with Crippen LogP contribution < -0.4 is 10.6 Å². The summed E-state index contributed by atoms with van der Waals surface area (Å²) >= 11 is 14.1. The van der Waals surface area contributed by atoms with Gasteiger partial charge in [0.2, 0.25) is 0 Å². The van der Waals surface area contributed by atoms with E-state index in [0.717, 1.165) is 19.4 Å². The van der Waals surface area contributed by atoms with Gasteiger partial charge < -0.3 is 10.6 Å². The first kappa shape index (κ1) is 16.7. The van der Waals surface area contributed by atoms with Crippen LogP contribution in [0.2, 0.25) is 10.0 Å². The molecule has 0 spiro atoms. The highest BCUT2D eigenvalue weighted by Crippen LogP contribution is 2.33. The van der Waals surface area contributed by atoms with Gasteiger partial charge in [-0.25, -0.2) is 4.98 Å². The van der Waals surface area contributed by atoms with Gasteiger partial charge in [0.05, 0.1) is 10.0 Å². The second kappa shape index (κ2) is 7.46. The van der Waals surface area contributed by atoms with Crippen molar-refractivity contribution < 1.29 is 0 Å². The summed E-state index contributed by atoms with van der Waals surface area (Å²) in [7, 11) is 1.79. The second-order valence-corrected chi connectivity index (χ2v) is 6.44. The van der Waals surface area contributed by atoms with Gasteiger partial charge in [0.15, 0.2) is 0 Å². The zero-order valence-corrected chi connectivity index (χ0v) is 14.1. The number of pyridine rings is 1. The number of nitrogens with one attached hydrogen (secondary N) is 2. The third kappa shape index (κ3) is 4.07. The van der Waals surface area contributed by atoms with Crippen LogP contribution in [0.4, 0.5) is 11.6 Å². The van der Waals surface area contributed by atoms with Gasteiger partial charge in [-0.15, -0.1) is 0 Å². The van der Waals surface area contributed by atoms with Crippen molar-refractivity contribution in [2.45, 2.75) is 31.4 Å². The molecule has 6 heteroatoms. The molecule has 0 radical (unpaired) electrons. The average Bonchev–Trinajstić information content (AvgIpc) is 2.43. The van der Waals surface area contributed by atoms with Gasteiger partial charge >= 0.3 is 0 Å². The fourth-order valence-electron chi connectivity index (χ4n) is 1.87. The summed E-state index contributed by atoms with van der Waals surface area (Å²) in [4.78, 5) is 4.40. The van der Waals surface area contributed by atoms with Crippen LogP contribution in [0.25, 0.3) is 0 Å². The molecule has 3 nitrogen and oxygen atoms in total. The Bertz CT molecular complexity index is 414.